The lowest BCUT2D eigenvalue weighted by Crippen LogP contribution is -2.17. The second-order valence-corrected chi connectivity index (χ2v) is 6.69. The SMILES string of the molecule is COCCC1(CNc2nc3ccc(Cl)cc3s2)CC1. The fraction of sp³-hybridized carbons (Fsp3) is 0.500. The molecule has 1 aliphatic rings. The number of hydrogen-bond acceptors (Lipinski definition) is 4. The van der Waals surface area contributed by atoms with Crippen LogP contribution in [0, 0.1) is 5.41 Å². The lowest BCUT2D eigenvalue weighted by Gasteiger charge is -2.14. The van der Waals surface area contributed by atoms with Gasteiger partial charge in [-0.3, -0.25) is 0 Å². The molecule has 1 aromatic carbocycles. The van der Waals surface area contributed by atoms with Crippen LogP contribution in [0.1, 0.15) is 19.3 Å². The number of benzene rings is 1. The Kier molecular flexibility index (Phi) is 3.65. The molecule has 0 spiro atoms. The standard InChI is InChI=1S/C14H17ClN2OS/c1-18-7-6-14(4-5-14)9-16-13-17-11-3-2-10(15)8-12(11)19-13/h2-3,8H,4-7,9H2,1H3,(H,16,17). The molecule has 1 N–H and O–H groups in total. The summed E-state index contributed by atoms with van der Waals surface area (Å²) < 4.78 is 6.31. The molecule has 19 heavy (non-hydrogen) atoms. The van der Waals surface area contributed by atoms with Crippen molar-refractivity contribution in [2.45, 2.75) is 19.3 Å². The average molecular weight is 297 g/mol. The third-order valence-corrected chi connectivity index (χ3v) is 4.97. The van der Waals surface area contributed by atoms with Gasteiger partial charge in [-0.15, -0.1) is 0 Å². The number of hydrogen-bond donors (Lipinski definition) is 1. The van der Waals surface area contributed by atoms with E-state index in [2.05, 4.69) is 10.3 Å². The van der Waals surface area contributed by atoms with Crippen molar-refractivity contribution < 1.29 is 4.74 Å². The zero-order valence-corrected chi connectivity index (χ0v) is 12.5. The first-order valence-corrected chi connectivity index (χ1v) is 7.69. The molecule has 0 bridgehead atoms. The van der Waals surface area contributed by atoms with Crippen molar-refractivity contribution in [1.82, 2.24) is 4.98 Å². The summed E-state index contributed by atoms with van der Waals surface area (Å²) in [6.45, 7) is 1.83. The first-order valence-electron chi connectivity index (χ1n) is 6.50. The maximum atomic E-state index is 5.99. The van der Waals surface area contributed by atoms with Gasteiger partial charge in [0.2, 0.25) is 0 Å². The highest BCUT2D eigenvalue weighted by molar-refractivity contribution is 7.22. The zero-order chi connectivity index (χ0) is 13.3. The predicted molar refractivity (Wildman–Crippen MR) is 81.3 cm³/mol. The van der Waals surface area contributed by atoms with Crippen molar-refractivity contribution in [3.8, 4) is 0 Å². The molecule has 1 fully saturated rings. The number of anilines is 1. The number of nitrogens with zero attached hydrogens (tertiary/aromatic N) is 1. The number of nitrogens with one attached hydrogen (secondary N) is 1. The summed E-state index contributed by atoms with van der Waals surface area (Å²) in [7, 11) is 1.76. The first-order chi connectivity index (χ1) is 9.21. The summed E-state index contributed by atoms with van der Waals surface area (Å²) in [6.07, 6.45) is 3.72. The maximum absolute atomic E-state index is 5.99. The minimum Gasteiger partial charge on any atom is -0.385 e. The summed E-state index contributed by atoms with van der Waals surface area (Å²) in [5.41, 5.74) is 1.45. The van der Waals surface area contributed by atoms with Gasteiger partial charge in [0.25, 0.3) is 0 Å². The molecule has 1 aliphatic carbocycles. The average Bonchev–Trinajstić information content (AvgIpc) is 3.06. The summed E-state index contributed by atoms with van der Waals surface area (Å²) in [4.78, 5) is 4.58. The molecular weight excluding hydrogens is 280 g/mol. The van der Waals surface area contributed by atoms with E-state index in [0.29, 0.717) is 5.41 Å². The number of ether oxygens (including phenoxy) is 1. The van der Waals surface area contributed by atoms with E-state index in [0.717, 1.165) is 39.9 Å². The minimum atomic E-state index is 0.436. The van der Waals surface area contributed by atoms with E-state index in [-0.39, 0.29) is 0 Å². The van der Waals surface area contributed by atoms with Crippen LogP contribution >= 0.6 is 22.9 Å². The molecule has 0 saturated heterocycles. The molecule has 0 aliphatic heterocycles. The van der Waals surface area contributed by atoms with Gasteiger partial charge in [0, 0.05) is 25.3 Å². The minimum absolute atomic E-state index is 0.436. The van der Waals surface area contributed by atoms with Crippen molar-refractivity contribution >= 4 is 38.3 Å². The van der Waals surface area contributed by atoms with Gasteiger partial charge in [0.1, 0.15) is 0 Å². The largest absolute Gasteiger partial charge is 0.385 e. The first kappa shape index (κ1) is 13.2. The lowest BCUT2D eigenvalue weighted by atomic mass is 10.0. The van der Waals surface area contributed by atoms with Gasteiger partial charge < -0.3 is 10.1 Å². The Morgan fingerprint density at radius 1 is 1.47 bits per heavy atom. The van der Waals surface area contributed by atoms with E-state index in [1.165, 1.54) is 12.8 Å². The molecule has 0 unspecified atom stereocenters. The van der Waals surface area contributed by atoms with Crippen LogP contribution in [0.3, 0.4) is 0 Å². The molecule has 2 aromatic rings. The zero-order valence-electron chi connectivity index (χ0n) is 10.9. The van der Waals surface area contributed by atoms with Crippen LogP contribution in [0.25, 0.3) is 10.2 Å². The second-order valence-electron chi connectivity index (χ2n) is 5.23. The normalized spacial score (nSPS) is 16.7. The van der Waals surface area contributed by atoms with Crippen molar-refractivity contribution in [3.63, 3.8) is 0 Å². The third-order valence-electron chi connectivity index (χ3n) is 3.76. The van der Waals surface area contributed by atoms with Crippen molar-refractivity contribution in [2.24, 2.45) is 5.41 Å². The summed E-state index contributed by atoms with van der Waals surface area (Å²) in [5, 5.41) is 5.23. The van der Waals surface area contributed by atoms with Gasteiger partial charge >= 0.3 is 0 Å². The topological polar surface area (TPSA) is 34.1 Å². The molecule has 1 aromatic heterocycles. The van der Waals surface area contributed by atoms with E-state index in [1.54, 1.807) is 18.4 Å². The lowest BCUT2D eigenvalue weighted by molar-refractivity contribution is 0.175. The van der Waals surface area contributed by atoms with Crippen molar-refractivity contribution in [1.29, 1.82) is 0 Å². The predicted octanol–water partition coefficient (Wildman–Crippen LogP) is 4.18. The molecule has 102 valence electrons. The van der Waals surface area contributed by atoms with E-state index in [4.69, 9.17) is 16.3 Å². The van der Waals surface area contributed by atoms with E-state index in [1.807, 2.05) is 18.2 Å². The van der Waals surface area contributed by atoms with Crippen LogP contribution in [-0.4, -0.2) is 25.2 Å². The second kappa shape index (κ2) is 5.27. The van der Waals surface area contributed by atoms with Crippen LogP contribution in [0.2, 0.25) is 5.02 Å². The van der Waals surface area contributed by atoms with E-state index < -0.39 is 0 Å². The molecule has 0 radical (unpaired) electrons. The molecular formula is C14H17ClN2OS. The van der Waals surface area contributed by atoms with Crippen molar-refractivity contribution in [3.05, 3.63) is 23.2 Å². The molecule has 0 atom stereocenters. The van der Waals surface area contributed by atoms with Crippen molar-refractivity contribution in [2.75, 3.05) is 25.6 Å². The number of fused-ring (bicyclic) bond motifs is 1. The number of thiazole rings is 1. The van der Waals surface area contributed by atoms with E-state index in [9.17, 15) is 0 Å². The Bertz CT molecular complexity index is 580. The fourth-order valence-electron chi connectivity index (χ4n) is 2.25. The van der Waals surface area contributed by atoms with Crippen LogP contribution in [0.15, 0.2) is 18.2 Å². The number of rotatable bonds is 6. The monoisotopic (exact) mass is 296 g/mol. The molecule has 3 rings (SSSR count). The Morgan fingerprint density at radius 2 is 2.32 bits per heavy atom. The molecule has 1 saturated carbocycles. The smallest absolute Gasteiger partial charge is 0.183 e. The number of aromatic nitrogens is 1. The van der Waals surface area contributed by atoms with Gasteiger partial charge in [-0.1, -0.05) is 22.9 Å². The highest BCUT2D eigenvalue weighted by Gasteiger charge is 2.41. The Balaban J connectivity index is 1.65. The fourth-order valence-corrected chi connectivity index (χ4v) is 3.39. The Hall–Kier alpha value is -0.840. The van der Waals surface area contributed by atoms with Gasteiger partial charge in [0.15, 0.2) is 5.13 Å². The van der Waals surface area contributed by atoms with E-state index >= 15 is 0 Å². The third kappa shape index (κ3) is 3.02. The molecule has 3 nitrogen and oxygen atoms in total. The maximum Gasteiger partial charge on any atom is 0.183 e. The highest BCUT2D eigenvalue weighted by Crippen LogP contribution is 2.48. The molecule has 5 heteroatoms. The quantitative estimate of drug-likeness (QED) is 0.868. The van der Waals surface area contributed by atoms with Gasteiger partial charge in [-0.2, -0.15) is 0 Å². The summed E-state index contributed by atoms with van der Waals surface area (Å²) >= 11 is 7.66. The van der Waals surface area contributed by atoms with Crippen LogP contribution in [-0.2, 0) is 4.74 Å². The summed E-state index contributed by atoms with van der Waals surface area (Å²) in [6, 6.07) is 5.82. The van der Waals surface area contributed by atoms with Crippen LogP contribution in [0.4, 0.5) is 5.13 Å². The Labute approximate surface area is 121 Å². The van der Waals surface area contributed by atoms with Gasteiger partial charge in [-0.25, -0.2) is 4.98 Å². The van der Waals surface area contributed by atoms with Crippen LogP contribution in [0.5, 0.6) is 0 Å². The number of halogens is 1. The van der Waals surface area contributed by atoms with Crippen LogP contribution < -0.4 is 5.32 Å². The molecule has 0 amide bonds. The summed E-state index contributed by atoms with van der Waals surface area (Å²) in [5.74, 6) is 0. The van der Waals surface area contributed by atoms with Gasteiger partial charge in [-0.05, 0) is 42.9 Å². The van der Waals surface area contributed by atoms with Gasteiger partial charge in [0.05, 0.1) is 10.2 Å². The molecule has 1 heterocycles. The highest BCUT2D eigenvalue weighted by atomic mass is 35.5. The Morgan fingerprint density at radius 3 is 3.05 bits per heavy atom. The number of methoxy groups -OCH3 is 1.